The van der Waals surface area contributed by atoms with Gasteiger partial charge >= 0.3 is 0 Å². The van der Waals surface area contributed by atoms with Crippen LogP contribution in [0.15, 0.2) is 64.9 Å². The van der Waals surface area contributed by atoms with Crippen LogP contribution in [0.4, 0.5) is 11.8 Å². The fourth-order valence-electron chi connectivity index (χ4n) is 5.14. The maximum Gasteiger partial charge on any atom is 0.211 e. The number of halogens is 1. The smallest absolute Gasteiger partial charge is 0.211 e. The van der Waals surface area contributed by atoms with Crippen molar-refractivity contribution >= 4 is 40.8 Å². The Kier molecular flexibility index (Phi) is 4.77. The molecule has 8 heteroatoms. The van der Waals surface area contributed by atoms with Crippen LogP contribution in [-0.4, -0.2) is 32.4 Å². The number of imidazole rings is 1. The van der Waals surface area contributed by atoms with Gasteiger partial charge in [-0.05, 0) is 48.3 Å². The normalized spacial score (nSPS) is 17.2. The lowest BCUT2D eigenvalue weighted by molar-refractivity contribution is 0.231. The number of anilines is 2. The van der Waals surface area contributed by atoms with Crippen molar-refractivity contribution in [1.82, 2.24) is 19.4 Å². The number of fused-ring (bicyclic) bond motifs is 2. The number of aromatic nitrogens is 4. The highest BCUT2D eigenvalue weighted by Crippen LogP contribution is 2.45. The number of nitrogen functional groups attached to an aromatic ring is 1. The molecule has 162 valence electrons. The Hall–Kier alpha value is -2.77. The molecule has 2 N–H and O–H groups in total. The highest BCUT2D eigenvalue weighted by Gasteiger charge is 2.40. The minimum Gasteiger partial charge on any atom is -0.382 e. The standard InChI is InChI=1S/C24H23ClN6S/c25-20-18(5-8-27-21(20)26)32-19-15-29-23(31-12-9-28-22(19)31)30-10-6-24(7-11-30)13-16-3-1-2-4-17(16)14-24/h1-5,8-9,12,15H,6-7,10-11,13-14H2,(H2,26,27). The molecule has 0 unspecified atom stereocenters. The van der Waals surface area contributed by atoms with Gasteiger partial charge in [-0.2, -0.15) is 0 Å². The van der Waals surface area contributed by atoms with E-state index in [0.717, 1.165) is 34.5 Å². The first-order valence-electron chi connectivity index (χ1n) is 10.8. The van der Waals surface area contributed by atoms with Gasteiger partial charge in [-0.25, -0.2) is 15.0 Å². The summed E-state index contributed by atoms with van der Waals surface area (Å²) in [4.78, 5) is 17.7. The monoisotopic (exact) mass is 462 g/mol. The third-order valence-electron chi connectivity index (χ3n) is 6.83. The zero-order chi connectivity index (χ0) is 21.7. The van der Waals surface area contributed by atoms with E-state index in [4.69, 9.17) is 22.3 Å². The summed E-state index contributed by atoms with van der Waals surface area (Å²) in [6.07, 6.45) is 12.1. The second-order valence-corrected chi connectivity index (χ2v) is 10.2. The zero-order valence-electron chi connectivity index (χ0n) is 17.5. The van der Waals surface area contributed by atoms with Crippen molar-refractivity contribution in [2.75, 3.05) is 23.7 Å². The van der Waals surface area contributed by atoms with Crippen molar-refractivity contribution in [1.29, 1.82) is 0 Å². The van der Waals surface area contributed by atoms with Crippen molar-refractivity contribution in [3.05, 3.63) is 71.3 Å². The Balaban J connectivity index is 1.24. The Labute approximate surface area is 195 Å². The summed E-state index contributed by atoms with van der Waals surface area (Å²) in [5.41, 5.74) is 10.2. The van der Waals surface area contributed by atoms with Gasteiger partial charge in [0, 0.05) is 42.8 Å². The Morgan fingerprint density at radius 2 is 1.69 bits per heavy atom. The van der Waals surface area contributed by atoms with Crippen LogP contribution < -0.4 is 10.6 Å². The Morgan fingerprint density at radius 3 is 2.44 bits per heavy atom. The van der Waals surface area contributed by atoms with Gasteiger partial charge in [0.05, 0.1) is 9.92 Å². The molecule has 0 radical (unpaired) electrons. The molecule has 4 aromatic rings. The van der Waals surface area contributed by atoms with Crippen LogP contribution in [0.3, 0.4) is 0 Å². The van der Waals surface area contributed by atoms with E-state index in [9.17, 15) is 0 Å². The van der Waals surface area contributed by atoms with E-state index in [1.165, 1.54) is 48.6 Å². The first-order chi connectivity index (χ1) is 15.6. The molecule has 0 saturated carbocycles. The number of nitrogens with two attached hydrogens (primary N) is 1. The van der Waals surface area contributed by atoms with Crippen LogP contribution in [0, 0.1) is 5.41 Å². The van der Waals surface area contributed by atoms with E-state index >= 15 is 0 Å². The molecule has 4 heterocycles. The third-order valence-corrected chi connectivity index (χ3v) is 8.41. The summed E-state index contributed by atoms with van der Waals surface area (Å²) >= 11 is 7.86. The minimum absolute atomic E-state index is 0.330. The highest BCUT2D eigenvalue weighted by atomic mass is 35.5. The molecule has 6 nitrogen and oxygen atoms in total. The SMILES string of the molecule is Nc1nccc(Sc2cnc(N3CCC4(CC3)Cc3ccccc3C4)n3ccnc23)c1Cl. The molecule has 6 rings (SSSR count). The molecule has 1 aliphatic heterocycles. The van der Waals surface area contributed by atoms with E-state index in [1.54, 1.807) is 6.20 Å². The number of benzene rings is 1. The van der Waals surface area contributed by atoms with E-state index < -0.39 is 0 Å². The average molecular weight is 463 g/mol. The topological polar surface area (TPSA) is 72.3 Å². The quantitative estimate of drug-likeness (QED) is 0.467. The van der Waals surface area contributed by atoms with Gasteiger partial charge < -0.3 is 10.6 Å². The summed E-state index contributed by atoms with van der Waals surface area (Å²) in [5, 5.41) is 0.463. The van der Waals surface area contributed by atoms with Crippen LogP contribution in [0.2, 0.25) is 5.02 Å². The van der Waals surface area contributed by atoms with E-state index in [1.807, 2.05) is 24.7 Å². The molecule has 1 fully saturated rings. The summed E-state index contributed by atoms with van der Waals surface area (Å²) in [6, 6.07) is 10.8. The van der Waals surface area contributed by atoms with Crippen LogP contribution >= 0.6 is 23.4 Å². The van der Waals surface area contributed by atoms with Gasteiger partial charge in [-0.15, -0.1) is 0 Å². The van der Waals surface area contributed by atoms with Crippen LogP contribution in [-0.2, 0) is 12.8 Å². The van der Waals surface area contributed by atoms with Crippen LogP contribution in [0.5, 0.6) is 0 Å². The molecule has 1 aliphatic carbocycles. The zero-order valence-corrected chi connectivity index (χ0v) is 19.1. The summed E-state index contributed by atoms with van der Waals surface area (Å²) in [6.45, 7) is 2.01. The number of pyridine rings is 1. The predicted molar refractivity (Wildman–Crippen MR) is 128 cm³/mol. The number of hydrogen-bond acceptors (Lipinski definition) is 6. The van der Waals surface area contributed by atoms with Crippen molar-refractivity contribution in [2.45, 2.75) is 35.5 Å². The van der Waals surface area contributed by atoms with Gasteiger partial charge in [0.2, 0.25) is 5.95 Å². The molecule has 0 amide bonds. The van der Waals surface area contributed by atoms with E-state index in [0.29, 0.717) is 16.3 Å². The summed E-state index contributed by atoms with van der Waals surface area (Å²) < 4.78 is 2.09. The molecule has 2 aliphatic rings. The van der Waals surface area contributed by atoms with Crippen molar-refractivity contribution < 1.29 is 0 Å². The second-order valence-electron chi connectivity index (χ2n) is 8.76. The van der Waals surface area contributed by atoms with Gasteiger partial charge in [0.25, 0.3) is 0 Å². The lowest BCUT2D eigenvalue weighted by Crippen LogP contribution is -2.41. The number of hydrogen-bond donors (Lipinski definition) is 1. The van der Waals surface area contributed by atoms with Gasteiger partial charge in [-0.3, -0.25) is 4.40 Å². The largest absolute Gasteiger partial charge is 0.382 e. The third kappa shape index (κ3) is 3.31. The number of nitrogens with zero attached hydrogens (tertiary/aromatic N) is 5. The fourth-order valence-corrected chi connectivity index (χ4v) is 6.27. The first kappa shape index (κ1) is 19.9. The number of piperidine rings is 1. The van der Waals surface area contributed by atoms with Crippen LogP contribution in [0.25, 0.3) is 5.65 Å². The Bertz CT molecular complexity index is 1280. The molecule has 1 saturated heterocycles. The second kappa shape index (κ2) is 7.67. The maximum absolute atomic E-state index is 6.35. The maximum atomic E-state index is 6.35. The molecular weight excluding hydrogens is 440 g/mol. The van der Waals surface area contributed by atoms with Gasteiger partial charge in [-0.1, -0.05) is 47.6 Å². The predicted octanol–water partition coefficient (Wildman–Crippen LogP) is 4.90. The highest BCUT2D eigenvalue weighted by molar-refractivity contribution is 7.99. The molecule has 0 bridgehead atoms. The van der Waals surface area contributed by atoms with E-state index in [2.05, 4.69) is 43.5 Å². The minimum atomic E-state index is 0.330. The molecule has 1 spiro atoms. The first-order valence-corrected chi connectivity index (χ1v) is 12.0. The van der Waals surface area contributed by atoms with Crippen LogP contribution in [0.1, 0.15) is 24.0 Å². The summed E-state index contributed by atoms with van der Waals surface area (Å²) in [5.74, 6) is 1.28. The lowest BCUT2D eigenvalue weighted by Gasteiger charge is -2.40. The molecular formula is C24H23ClN6S. The van der Waals surface area contributed by atoms with Crippen molar-refractivity contribution in [3.8, 4) is 0 Å². The lowest BCUT2D eigenvalue weighted by atomic mass is 9.76. The molecule has 0 atom stereocenters. The van der Waals surface area contributed by atoms with Crippen molar-refractivity contribution in [2.24, 2.45) is 5.41 Å². The van der Waals surface area contributed by atoms with E-state index in [-0.39, 0.29) is 0 Å². The Morgan fingerprint density at radius 1 is 0.938 bits per heavy atom. The van der Waals surface area contributed by atoms with Gasteiger partial charge in [0.1, 0.15) is 5.82 Å². The summed E-state index contributed by atoms with van der Waals surface area (Å²) in [7, 11) is 0. The molecule has 1 aromatic carbocycles. The van der Waals surface area contributed by atoms with Gasteiger partial charge in [0.15, 0.2) is 5.65 Å². The molecule has 3 aromatic heterocycles. The average Bonchev–Trinajstić information content (AvgIpc) is 3.43. The number of rotatable bonds is 3. The van der Waals surface area contributed by atoms with Crippen molar-refractivity contribution in [3.63, 3.8) is 0 Å². The molecule has 32 heavy (non-hydrogen) atoms. The fraction of sp³-hybridized carbons (Fsp3) is 0.292.